The van der Waals surface area contributed by atoms with Crippen molar-refractivity contribution in [3.05, 3.63) is 28.8 Å². The Labute approximate surface area is 177 Å². The number of nitrogens with zero attached hydrogens (tertiary/aromatic N) is 1. The molecular formula is C20H29ClN2O5S. The van der Waals surface area contributed by atoms with E-state index in [1.165, 1.54) is 19.2 Å². The van der Waals surface area contributed by atoms with Gasteiger partial charge in [0.1, 0.15) is 6.04 Å². The molecule has 9 heteroatoms. The average Bonchev–Trinajstić information content (AvgIpc) is 2.60. The maximum absolute atomic E-state index is 13.1. The van der Waals surface area contributed by atoms with Crippen LogP contribution in [0.25, 0.3) is 0 Å². The lowest BCUT2D eigenvalue weighted by Crippen LogP contribution is -2.55. The minimum absolute atomic E-state index is 0.0181. The predicted octanol–water partition coefficient (Wildman–Crippen LogP) is 3.05. The van der Waals surface area contributed by atoms with E-state index < -0.39 is 39.9 Å². The van der Waals surface area contributed by atoms with Crippen LogP contribution in [0.2, 0.25) is 5.02 Å². The molecule has 3 atom stereocenters. The van der Waals surface area contributed by atoms with Crippen molar-refractivity contribution in [1.82, 2.24) is 9.62 Å². The van der Waals surface area contributed by atoms with Gasteiger partial charge in [-0.3, -0.25) is 9.59 Å². The Hall–Kier alpha value is -1.64. The van der Waals surface area contributed by atoms with Crippen molar-refractivity contribution in [3.8, 4) is 0 Å². The first-order chi connectivity index (χ1) is 13.4. The molecule has 2 N–H and O–H groups in total. The summed E-state index contributed by atoms with van der Waals surface area (Å²) in [7, 11) is -2.61. The molecule has 0 spiro atoms. The van der Waals surface area contributed by atoms with E-state index >= 15 is 0 Å². The summed E-state index contributed by atoms with van der Waals surface area (Å²) in [4.78, 5) is 24.6. The van der Waals surface area contributed by atoms with Crippen LogP contribution < -0.4 is 5.32 Å². The highest BCUT2D eigenvalue weighted by Gasteiger charge is 2.38. The molecule has 162 valence electrons. The van der Waals surface area contributed by atoms with Crippen molar-refractivity contribution in [2.75, 3.05) is 7.05 Å². The first-order valence-electron chi connectivity index (χ1n) is 9.73. The highest BCUT2D eigenvalue weighted by atomic mass is 35.5. The van der Waals surface area contributed by atoms with Crippen LogP contribution in [0, 0.1) is 18.8 Å². The number of hydrogen-bond donors (Lipinski definition) is 2. The zero-order chi connectivity index (χ0) is 21.9. The Morgan fingerprint density at radius 1 is 1.21 bits per heavy atom. The minimum atomic E-state index is -3.97. The molecule has 0 saturated heterocycles. The quantitative estimate of drug-likeness (QED) is 0.672. The Morgan fingerprint density at radius 2 is 1.83 bits per heavy atom. The van der Waals surface area contributed by atoms with Crippen LogP contribution in [0.15, 0.2) is 23.1 Å². The van der Waals surface area contributed by atoms with Gasteiger partial charge in [0.15, 0.2) is 0 Å². The zero-order valence-electron chi connectivity index (χ0n) is 17.2. The first-order valence-corrected chi connectivity index (χ1v) is 11.6. The molecular weight excluding hydrogens is 416 g/mol. The van der Waals surface area contributed by atoms with Gasteiger partial charge in [0.25, 0.3) is 0 Å². The summed E-state index contributed by atoms with van der Waals surface area (Å²) in [6, 6.07) is 3.05. The number of likely N-dealkylation sites (N-methyl/N-ethyl adjacent to an activating group) is 1. The molecule has 1 fully saturated rings. The number of carbonyl (C=O) groups is 2. The molecule has 0 aliphatic heterocycles. The molecule has 2 rings (SSSR count). The molecule has 1 amide bonds. The lowest BCUT2D eigenvalue weighted by Gasteiger charge is -2.34. The Kier molecular flexibility index (Phi) is 7.70. The van der Waals surface area contributed by atoms with Gasteiger partial charge in [-0.05, 0) is 49.4 Å². The molecule has 3 unspecified atom stereocenters. The Balaban J connectivity index is 2.29. The van der Waals surface area contributed by atoms with E-state index in [-0.39, 0.29) is 10.8 Å². The molecule has 0 heterocycles. The molecule has 1 aliphatic rings. The van der Waals surface area contributed by atoms with Crippen molar-refractivity contribution >= 4 is 33.5 Å². The molecule has 1 aliphatic carbocycles. The summed E-state index contributed by atoms with van der Waals surface area (Å²) in [6.45, 7) is 5.26. The number of halogens is 1. The fourth-order valence-electron chi connectivity index (χ4n) is 3.92. The zero-order valence-corrected chi connectivity index (χ0v) is 18.8. The third-order valence-electron chi connectivity index (χ3n) is 5.40. The highest BCUT2D eigenvalue weighted by Crippen LogP contribution is 2.27. The van der Waals surface area contributed by atoms with Gasteiger partial charge in [0, 0.05) is 18.1 Å². The van der Waals surface area contributed by atoms with E-state index in [4.69, 9.17) is 11.6 Å². The van der Waals surface area contributed by atoms with E-state index in [0.717, 1.165) is 17.1 Å². The van der Waals surface area contributed by atoms with E-state index in [2.05, 4.69) is 5.32 Å². The number of benzene rings is 1. The van der Waals surface area contributed by atoms with E-state index in [0.29, 0.717) is 23.4 Å². The van der Waals surface area contributed by atoms with Gasteiger partial charge in [0.2, 0.25) is 15.9 Å². The molecule has 0 radical (unpaired) electrons. The number of amides is 1. The maximum Gasteiger partial charge on any atom is 0.308 e. The van der Waals surface area contributed by atoms with Gasteiger partial charge >= 0.3 is 5.97 Å². The summed E-state index contributed by atoms with van der Waals surface area (Å²) in [5.74, 6) is -2.39. The van der Waals surface area contributed by atoms with E-state index in [1.807, 2.05) is 0 Å². The topological polar surface area (TPSA) is 104 Å². The number of sulfonamides is 1. The van der Waals surface area contributed by atoms with Crippen LogP contribution in [0.3, 0.4) is 0 Å². The van der Waals surface area contributed by atoms with Crippen molar-refractivity contribution in [3.63, 3.8) is 0 Å². The van der Waals surface area contributed by atoms with Crippen LogP contribution in [0.5, 0.6) is 0 Å². The van der Waals surface area contributed by atoms with Crippen molar-refractivity contribution in [1.29, 1.82) is 0 Å². The number of nitrogens with one attached hydrogen (secondary N) is 1. The average molecular weight is 445 g/mol. The fraction of sp³-hybridized carbons (Fsp3) is 0.600. The second kappa shape index (κ2) is 9.45. The van der Waals surface area contributed by atoms with Gasteiger partial charge in [-0.15, -0.1) is 0 Å². The van der Waals surface area contributed by atoms with Crippen LogP contribution in [0.1, 0.15) is 45.1 Å². The maximum atomic E-state index is 13.1. The molecule has 1 saturated carbocycles. The van der Waals surface area contributed by atoms with Gasteiger partial charge in [-0.1, -0.05) is 38.3 Å². The lowest BCUT2D eigenvalue weighted by molar-refractivity contribution is -0.144. The number of aryl methyl sites for hydroxylation is 1. The Bertz CT molecular complexity index is 851. The summed E-state index contributed by atoms with van der Waals surface area (Å²) >= 11 is 6.02. The summed E-state index contributed by atoms with van der Waals surface area (Å²) in [5, 5.41) is 12.5. The van der Waals surface area contributed by atoms with Crippen molar-refractivity contribution in [2.45, 2.75) is 63.4 Å². The molecule has 1 aromatic carbocycles. The largest absolute Gasteiger partial charge is 0.481 e. The third-order valence-corrected chi connectivity index (χ3v) is 7.43. The number of aliphatic carboxylic acids is 1. The first kappa shape index (κ1) is 23.6. The van der Waals surface area contributed by atoms with Crippen LogP contribution in [0.4, 0.5) is 0 Å². The fourth-order valence-corrected chi connectivity index (χ4v) is 5.86. The van der Waals surface area contributed by atoms with Crippen molar-refractivity contribution < 1.29 is 23.1 Å². The summed E-state index contributed by atoms with van der Waals surface area (Å²) < 4.78 is 27.3. The van der Waals surface area contributed by atoms with Crippen molar-refractivity contribution in [2.24, 2.45) is 11.8 Å². The highest BCUT2D eigenvalue weighted by molar-refractivity contribution is 7.89. The van der Waals surface area contributed by atoms with E-state index in [9.17, 15) is 23.1 Å². The number of carbonyl (C=O) groups excluding carboxylic acids is 1. The number of carboxylic acid groups (broad SMARTS) is 1. The van der Waals surface area contributed by atoms with Gasteiger partial charge in [0.05, 0.1) is 10.8 Å². The second-order valence-corrected chi connectivity index (χ2v) is 10.5. The minimum Gasteiger partial charge on any atom is -0.481 e. The molecule has 1 aromatic rings. The van der Waals surface area contributed by atoms with Crippen LogP contribution in [-0.4, -0.2) is 48.8 Å². The SMILES string of the molecule is Cc1cc(Cl)cc(S(=O)(=O)N(C)C(C(=O)NC2CCCCC2C(=O)O)C(C)C)c1. The monoisotopic (exact) mass is 444 g/mol. The number of hydrogen-bond acceptors (Lipinski definition) is 4. The predicted molar refractivity (Wildman–Crippen MR) is 111 cm³/mol. The van der Waals surface area contributed by atoms with Gasteiger partial charge in [-0.25, -0.2) is 8.42 Å². The molecule has 7 nitrogen and oxygen atoms in total. The Morgan fingerprint density at radius 3 is 2.38 bits per heavy atom. The molecule has 29 heavy (non-hydrogen) atoms. The van der Waals surface area contributed by atoms with Gasteiger partial charge < -0.3 is 10.4 Å². The molecule has 0 bridgehead atoms. The third kappa shape index (κ3) is 5.49. The number of rotatable bonds is 7. The van der Waals surface area contributed by atoms with E-state index in [1.54, 1.807) is 26.8 Å². The second-order valence-electron chi connectivity index (χ2n) is 8.02. The normalized spacial score (nSPS) is 21.2. The standard InChI is InChI=1S/C20H29ClN2O5S/c1-12(2)18(19(24)22-17-8-6-5-7-16(17)20(25)26)23(4)29(27,28)15-10-13(3)9-14(21)11-15/h9-12,16-18H,5-8H2,1-4H3,(H,22,24)(H,25,26). The van der Waals surface area contributed by atoms with Gasteiger partial charge in [-0.2, -0.15) is 4.31 Å². The molecule has 0 aromatic heterocycles. The number of carboxylic acids is 1. The summed E-state index contributed by atoms with van der Waals surface area (Å²) in [5.41, 5.74) is 0.696. The van der Waals surface area contributed by atoms with Crippen LogP contribution >= 0.6 is 11.6 Å². The van der Waals surface area contributed by atoms with Crippen LogP contribution in [-0.2, 0) is 19.6 Å². The smallest absolute Gasteiger partial charge is 0.308 e. The lowest BCUT2D eigenvalue weighted by atomic mass is 9.84. The summed E-state index contributed by atoms with van der Waals surface area (Å²) in [6.07, 6.45) is 2.70.